The van der Waals surface area contributed by atoms with Crippen LogP contribution in [-0.4, -0.2) is 60.0 Å². The lowest BCUT2D eigenvalue weighted by atomic mass is 10.1. The molecule has 10 nitrogen and oxygen atoms in total. The lowest BCUT2D eigenvalue weighted by Gasteiger charge is -2.15. The van der Waals surface area contributed by atoms with E-state index in [9.17, 15) is 4.79 Å². The molecular weight excluding hydrogens is 466 g/mol. The van der Waals surface area contributed by atoms with Gasteiger partial charge in [-0.1, -0.05) is 5.92 Å². The van der Waals surface area contributed by atoms with Gasteiger partial charge < -0.3 is 32.1 Å². The Hall–Kier alpha value is -4.46. The Labute approximate surface area is 216 Å². The zero-order chi connectivity index (χ0) is 27.1. The molecule has 0 spiro atoms. The first kappa shape index (κ1) is 27.1. The largest absolute Gasteiger partial charge is 0.385 e. The smallest absolute Gasteiger partial charge is 0.242 e. The second kappa shape index (κ2) is 12.0. The van der Waals surface area contributed by atoms with Gasteiger partial charge in [-0.05, 0) is 58.0 Å². The molecule has 1 atom stereocenters. The maximum atomic E-state index is 12.6. The summed E-state index contributed by atoms with van der Waals surface area (Å²) in [5.41, 5.74) is 5.54. The third-order valence-electron chi connectivity index (χ3n) is 5.69. The molecule has 2 aromatic heterocycles. The van der Waals surface area contributed by atoms with Crippen molar-refractivity contribution in [2.45, 2.75) is 26.8 Å². The molecule has 2 heterocycles. The SMILES string of the molecule is CNc1c(C(C)=N)nc(C)nc1-c1cc(C#Cc2ccc([NH2+]C)c(C=N)c2)nc(NC(=O)C(C)NC)c1. The van der Waals surface area contributed by atoms with Gasteiger partial charge in [0.1, 0.15) is 28.7 Å². The van der Waals surface area contributed by atoms with Crippen LogP contribution in [0.25, 0.3) is 11.3 Å². The molecule has 1 amide bonds. The summed E-state index contributed by atoms with van der Waals surface area (Å²) in [7, 11) is 5.38. The van der Waals surface area contributed by atoms with Crippen LogP contribution in [0.15, 0.2) is 30.3 Å². The zero-order valence-corrected chi connectivity index (χ0v) is 21.9. The summed E-state index contributed by atoms with van der Waals surface area (Å²) in [6, 6.07) is 8.76. The van der Waals surface area contributed by atoms with Crippen LogP contribution in [0.2, 0.25) is 0 Å². The molecule has 0 bridgehead atoms. The first-order chi connectivity index (χ1) is 17.7. The molecule has 0 aliphatic carbocycles. The van der Waals surface area contributed by atoms with Crippen molar-refractivity contribution in [3.05, 3.63) is 58.7 Å². The average Bonchev–Trinajstić information content (AvgIpc) is 2.90. The fraction of sp³-hybridized carbons (Fsp3) is 0.259. The molecule has 0 aliphatic heterocycles. The summed E-state index contributed by atoms with van der Waals surface area (Å²) >= 11 is 0. The van der Waals surface area contributed by atoms with Crippen LogP contribution in [0, 0.1) is 29.6 Å². The molecule has 3 rings (SSSR count). The van der Waals surface area contributed by atoms with E-state index in [1.165, 1.54) is 6.21 Å². The van der Waals surface area contributed by atoms with Gasteiger partial charge >= 0.3 is 0 Å². The van der Waals surface area contributed by atoms with Gasteiger partial charge in [0.15, 0.2) is 0 Å². The molecule has 37 heavy (non-hydrogen) atoms. The van der Waals surface area contributed by atoms with E-state index < -0.39 is 6.04 Å². The Balaban J connectivity index is 2.18. The van der Waals surface area contributed by atoms with E-state index in [1.807, 2.05) is 30.6 Å². The molecule has 1 unspecified atom stereocenters. The van der Waals surface area contributed by atoms with Crippen molar-refractivity contribution in [1.29, 1.82) is 10.8 Å². The standard InChI is InChI=1S/C27H31N9O/c1-15(29)24-26(32-6)25(34-17(3)33-24)19-12-21(35-23(13-19)36-27(37)16(2)30-4)9-7-18-8-10-22(31-5)20(11-18)14-28/h8,10-14,16,28-32H,1-6H3,(H,35,36,37)/p+1. The van der Waals surface area contributed by atoms with Crippen LogP contribution < -0.4 is 21.3 Å². The molecule has 1 aromatic carbocycles. The summed E-state index contributed by atoms with van der Waals surface area (Å²) < 4.78 is 0. The third kappa shape index (κ3) is 6.41. The van der Waals surface area contributed by atoms with Crippen LogP contribution in [0.3, 0.4) is 0 Å². The molecule has 0 aliphatic rings. The summed E-state index contributed by atoms with van der Waals surface area (Å²) in [5, 5.41) is 26.6. The van der Waals surface area contributed by atoms with Gasteiger partial charge in [-0.25, -0.2) is 15.0 Å². The number of anilines is 2. The third-order valence-corrected chi connectivity index (χ3v) is 5.69. The van der Waals surface area contributed by atoms with E-state index in [2.05, 4.69) is 42.7 Å². The zero-order valence-electron chi connectivity index (χ0n) is 21.9. The van der Waals surface area contributed by atoms with E-state index in [0.717, 1.165) is 16.8 Å². The Morgan fingerprint density at radius 2 is 1.89 bits per heavy atom. The number of likely N-dealkylation sites (N-methyl/N-ethyl adjacent to an activating group) is 1. The lowest BCUT2D eigenvalue weighted by molar-refractivity contribution is -0.539. The molecule has 0 fully saturated rings. The molecule has 3 aromatic rings. The van der Waals surface area contributed by atoms with Crippen molar-refractivity contribution in [3.8, 4) is 23.1 Å². The molecular formula is C27H32N9O+. The number of benzene rings is 1. The molecule has 10 heteroatoms. The quantitative estimate of drug-likeness (QED) is 0.159. The Kier molecular flexibility index (Phi) is 8.79. The van der Waals surface area contributed by atoms with Gasteiger partial charge in [0, 0.05) is 30.5 Å². The van der Waals surface area contributed by atoms with Gasteiger partial charge in [0.2, 0.25) is 5.91 Å². The van der Waals surface area contributed by atoms with Crippen LogP contribution >= 0.6 is 0 Å². The van der Waals surface area contributed by atoms with Crippen LogP contribution in [0.1, 0.15) is 42.2 Å². The number of aryl methyl sites for hydroxylation is 1. The van der Waals surface area contributed by atoms with Gasteiger partial charge in [0.25, 0.3) is 0 Å². The van der Waals surface area contributed by atoms with Crippen molar-refractivity contribution < 1.29 is 10.1 Å². The van der Waals surface area contributed by atoms with E-state index >= 15 is 0 Å². The highest BCUT2D eigenvalue weighted by molar-refractivity contribution is 6.02. The summed E-state index contributed by atoms with van der Waals surface area (Å²) in [5.74, 6) is 6.81. The number of quaternary nitrogens is 1. The highest BCUT2D eigenvalue weighted by Crippen LogP contribution is 2.30. The van der Waals surface area contributed by atoms with Crippen molar-refractivity contribution in [2.24, 2.45) is 0 Å². The Bertz CT molecular complexity index is 1420. The predicted octanol–water partition coefficient (Wildman–Crippen LogP) is 2.05. The molecule has 0 saturated carbocycles. The fourth-order valence-electron chi connectivity index (χ4n) is 3.63. The van der Waals surface area contributed by atoms with E-state index in [0.29, 0.717) is 45.7 Å². The second-order valence-electron chi connectivity index (χ2n) is 8.37. The maximum absolute atomic E-state index is 12.6. The second-order valence-corrected chi connectivity index (χ2v) is 8.37. The number of nitrogens with one attached hydrogen (secondary N) is 5. The van der Waals surface area contributed by atoms with Crippen LogP contribution in [0.5, 0.6) is 0 Å². The first-order valence-corrected chi connectivity index (χ1v) is 11.8. The number of pyridine rings is 1. The fourth-order valence-corrected chi connectivity index (χ4v) is 3.63. The van der Waals surface area contributed by atoms with Gasteiger partial charge in [-0.15, -0.1) is 0 Å². The van der Waals surface area contributed by atoms with Crippen molar-refractivity contribution in [2.75, 3.05) is 31.8 Å². The summed E-state index contributed by atoms with van der Waals surface area (Å²) in [6.45, 7) is 5.20. The molecule has 0 saturated heterocycles. The highest BCUT2D eigenvalue weighted by Gasteiger charge is 2.18. The van der Waals surface area contributed by atoms with Crippen molar-refractivity contribution in [3.63, 3.8) is 0 Å². The Morgan fingerprint density at radius 3 is 2.51 bits per heavy atom. The van der Waals surface area contributed by atoms with Gasteiger partial charge in [-0.3, -0.25) is 4.79 Å². The minimum Gasteiger partial charge on any atom is -0.385 e. The number of aromatic nitrogens is 3. The topological polar surface area (TPSA) is 156 Å². The number of hydrogen-bond donors (Lipinski definition) is 6. The minimum atomic E-state index is -0.422. The van der Waals surface area contributed by atoms with Crippen LogP contribution in [0.4, 0.5) is 17.2 Å². The normalized spacial score (nSPS) is 11.2. The maximum Gasteiger partial charge on any atom is 0.242 e. The van der Waals surface area contributed by atoms with E-state index in [4.69, 9.17) is 10.8 Å². The van der Waals surface area contributed by atoms with Gasteiger partial charge in [0.05, 0.1) is 35.7 Å². The molecule has 0 radical (unpaired) electrons. The first-order valence-electron chi connectivity index (χ1n) is 11.8. The number of amides is 1. The number of nitrogens with zero attached hydrogens (tertiary/aromatic N) is 3. The van der Waals surface area contributed by atoms with Crippen molar-refractivity contribution >= 4 is 35.0 Å². The molecule has 190 valence electrons. The number of carbonyl (C=O) groups is 1. The van der Waals surface area contributed by atoms with E-state index in [1.54, 1.807) is 47.0 Å². The summed E-state index contributed by atoms with van der Waals surface area (Å²) in [4.78, 5) is 26.2. The van der Waals surface area contributed by atoms with Crippen LogP contribution in [-0.2, 0) is 4.79 Å². The highest BCUT2D eigenvalue weighted by atomic mass is 16.2. The monoisotopic (exact) mass is 498 g/mol. The summed E-state index contributed by atoms with van der Waals surface area (Å²) in [6.07, 6.45) is 1.30. The molecule has 7 N–H and O–H groups in total. The number of carbonyl (C=O) groups excluding carboxylic acids is 1. The van der Waals surface area contributed by atoms with Gasteiger partial charge in [-0.2, -0.15) is 0 Å². The Morgan fingerprint density at radius 1 is 1.14 bits per heavy atom. The van der Waals surface area contributed by atoms with Crippen molar-refractivity contribution in [1.82, 2.24) is 20.3 Å². The minimum absolute atomic E-state index is 0.239. The predicted molar refractivity (Wildman–Crippen MR) is 147 cm³/mol. The average molecular weight is 499 g/mol. The number of nitrogens with two attached hydrogens (primary N) is 1. The number of rotatable bonds is 8. The number of hydrogen-bond acceptors (Lipinski definition) is 8. The van der Waals surface area contributed by atoms with E-state index in [-0.39, 0.29) is 5.91 Å². The lowest BCUT2D eigenvalue weighted by Crippen LogP contribution is -2.73.